The molecule has 2 nitrogen and oxygen atoms in total. The van der Waals surface area contributed by atoms with Crippen LogP contribution in [0.15, 0.2) is 24.8 Å². The van der Waals surface area contributed by atoms with Gasteiger partial charge in [0.25, 0.3) is 0 Å². The van der Waals surface area contributed by atoms with Crippen molar-refractivity contribution in [3.63, 3.8) is 0 Å². The van der Waals surface area contributed by atoms with Crippen LogP contribution in [-0.4, -0.2) is 10.9 Å². The Hall–Kier alpha value is -1.57. The molecule has 0 aromatic heterocycles. The average Bonchev–Trinajstić information content (AvgIpc) is 2.99. The van der Waals surface area contributed by atoms with Crippen molar-refractivity contribution < 1.29 is 9.90 Å². The van der Waals surface area contributed by atoms with E-state index in [1.807, 2.05) is 13.0 Å². The van der Waals surface area contributed by atoms with E-state index in [0.29, 0.717) is 5.56 Å². The fourth-order valence-electron chi connectivity index (χ4n) is 1.57. The molecule has 0 bridgehead atoms. The molecular formula is C13H14O2. The molecule has 1 aromatic carbocycles. The Bertz CT molecular complexity index is 428. The van der Waals surface area contributed by atoms with Crippen molar-refractivity contribution in [2.75, 3.05) is 0 Å². The highest BCUT2D eigenvalue weighted by Gasteiger charge is 2.31. The quantitative estimate of drug-likeness (QED) is 0.765. The number of ketones is 1. The molecule has 0 unspecified atom stereocenters. The minimum Gasteiger partial charge on any atom is -0.507 e. The summed E-state index contributed by atoms with van der Waals surface area (Å²) in [4.78, 5) is 11.7. The number of phenols is 1. The number of phenolic OH excluding ortho intramolecular Hbond substituents is 1. The van der Waals surface area contributed by atoms with Gasteiger partial charge in [0.15, 0.2) is 5.78 Å². The number of hydrogen-bond acceptors (Lipinski definition) is 2. The van der Waals surface area contributed by atoms with E-state index in [0.717, 1.165) is 24.0 Å². The number of aromatic hydroxyl groups is 1. The van der Waals surface area contributed by atoms with Gasteiger partial charge in [-0.15, -0.1) is 0 Å². The summed E-state index contributed by atoms with van der Waals surface area (Å²) in [6.45, 7) is 5.66. The molecule has 0 radical (unpaired) electrons. The molecular weight excluding hydrogens is 188 g/mol. The highest BCUT2D eigenvalue weighted by Crippen LogP contribution is 2.35. The first-order valence-corrected chi connectivity index (χ1v) is 5.12. The number of rotatable bonds is 3. The van der Waals surface area contributed by atoms with E-state index in [-0.39, 0.29) is 17.5 Å². The predicted molar refractivity (Wildman–Crippen MR) is 59.9 cm³/mol. The van der Waals surface area contributed by atoms with Gasteiger partial charge in [0.2, 0.25) is 0 Å². The number of carbonyl (C=O) groups excluding carboxylic acids is 1. The van der Waals surface area contributed by atoms with Crippen LogP contribution in [0.2, 0.25) is 0 Å². The Kier molecular flexibility index (Phi) is 2.35. The Morgan fingerprint density at radius 3 is 2.60 bits per heavy atom. The zero-order valence-electron chi connectivity index (χ0n) is 8.79. The van der Waals surface area contributed by atoms with E-state index < -0.39 is 0 Å². The van der Waals surface area contributed by atoms with Crippen molar-refractivity contribution in [2.24, 2.45) is 5.92 Å². The second kappa shape index (κ2) is 3.54. The van der Waals surface area contributed by atoms with E-state index >= 15 is 0 Å². The number of benzene rings is 1. The van der Waals surface area contributed by atoms with Crippen LogP contribution < -0.4 is 0 Å². The third kappa shape index (κ3) is 1.94. The van der Waals surface area contributed by atoms with E-state index in [1.54, 1.807) is 12.1 Å². The minimum absolute atomic E-state index is 0.0702. The molecule has 1 aliphatic carbocycles. The highest BCUT2D eigenvalue weighted by molar-refractivity contribution is 6.01. The predicted octanol–water partition coefficient (Wildman–Crippen LogP) is 3.02. The van der Waals surface area contributed by atoms with Crippen molar-refractivity contribution in [3.8, 4) is 5.75 Å². The fraction of sp³-hybridized carbons (Fsp3) is 0.308. The third-order valence-electron chi connectivity index (χ3n) is 2.70. The molecule has 0 atom stereocenters. The molecule has 0 spiro atoms. The van der Waals surface area contributed by atoms with Gasteiger partial charge in [0.05, 0.1) is 5.56 Å². The largest absolute Gasteiger partial charge is 0.507 e. The Morgan fingerprint density at radius 2 is 2.13 bits per heavy atom. The van der Waals surface area contributed by atoms with Crippen LogP contribution in [0, 0.1) is 5.92 Å². The number of carbonyl (C=O) groups is 1. The molecule has 1 aliphatic rings. The third-order valence-corrected chi connectivity index (χ3v) is 2.70. The van der Waals surface area contributed by atoms with Crippen molar-refractivity contribution in [1.82, 2.24) is 0 Å². The van der Waals surface area contributed by atoms with E-state index in [1.165, 1.54) is 0 Å². The second-order valence-corrected chi connectivity index (χ2v) is 4.15. The van der Waals surface area contributed by atoms with Crippen LogP contribution in [0.3, 0.4) is 0 Å². The van der Waals surface area contributed by atoms with Crippen LogP contribution in [0.1, 0.15) is 35.7 Å². The lowest BCUT2D eigenvalue weighted by Crippen LogP contribution is -2.01. The second-order valence-electron chi connectivity index (χ2n) is 4.15. The molecule has 1 saturated carbocycles. The smallest absolute Gasteiger partial charge is 0.169 e. The maximum atomic E-state index is 11.7. The summed E-state index contributed by atoms with van der Waals surface area (Å²) < 4.78 is 0. The first-order valence-electron chi connectivity index (χ1n) is 5.12. The number of hydrogen-bond donors (Lipinski definition) is 1. The SMILES string of the molecule is C=C(C)c1ccc(C(=O)C2CC2)c(O)c1. The van der Waals surface area contributed by atoms with Gasteiger partial charge in [0, 0.05) is 5.92 Å². The summed E-state index contributed by atoms with van der Waals surface area (Å²) in [6.07, 6.45) is 1.92. The maximum Gasteiger partial charge on any atom is 0.169 e. The lowest BCUT2D eigenvalue weighted by molar-refractivity contribution is 0.0965. The van der Waals surface area contributed by atoms with Gasteiger partial charge in [0.1, 0.15) is 5.75 Å². The van der Waals surface area contributed by atoms with Crippen LogP contribution in [0.5, 0.6) is 5.75 Å². The van der Waals surface area contributed by atoms with E-state index in [9.17, 15) is 9.90 Å². The topological polar surface area (TPSA) is 37.3 Å². The van der Waals surface area contributed by atoms with Gasteiger partial charge in [-0.25, -0.2) is 0 Å². The molecule has 0 saturated heterocycles. The molecule has 2 heteroatoms. The zero-order chi connectivity index (χ0) is 11.0. The molecule has 2 rings (SSSR count). The van der Waals surface area contributed by atoms with Crippen LogP contribution >= 0.6 is 0 Å². The maximum absolute atomic E-state index is 11.7. The van der Waals surface area contributed by atoms with Crippen molar-refractivity contribution in [2.45, 2.75) is 19.8 Å². The molecule has 0 amide bonds. The molecule has 15 heavy (non-hydrogen) atoms. The van der Waals surface area contributed by atoms with Crippen LogP contribution in [0.25, 0.3) is 5.57 Å². The van der Waals surface area contributed by atoms with Gasteiger partial charge in [-0.3, -0.25) is 4.79 Å². The molecule has 0 heterocycles. The Balaban J connectivity index is 2.33. The number of allylic oxidation sites excluding steroid dienone is 1. The van der Waals surface area contributed by atoms with Crippen molar-refractivity contribution >= 4 is 11.4 Å². The monoisotopic (exact) mass is 202 g/mol. The fourth-order valence-corrected chi connectivity index (χ4v) is 1.57. The Labute approximate surface area is 89.2 Å². The highest BCUT2D eigenvalue weighted by atomic mass is 16.3. The lowest BCUT2D eigenvalue weighted by atomic mass is 10.0. The normalized spacial score (nSPS) is 15.0. The minimum atomic E-state index is 0.0702. The first kappa shape index (κ1) is 9.97. The summed E-state index contributed by atoms with van der Waals surface area (Å²) in [5.74, 6) is 0.291. The van der Waals surface area contributed by atoms with Crippen molar-refractivity contribution in [1.29, 1.82) is 0 Å². The average molecular weight is 202 g/mol. The van der Waals surface area contributed by atoms with Gasteiger partial charge in [-0.05, 0) is 37.5 Å². The van der Waals surface area contributed by atoms with Crippen LogP contribution in [0.4, 0.5) is 0 Å². The van der Waals surface area contributed by atoms with E-state index in [2.05, 4.69) is 6.58 Å². The molecule has 1 N–H and O–H groups in total. The van der Waals surface area contributed by atoms with E-state index in [4.69, 9.17) is 0 Å². The summed E-state index contributed by atoms with van der Waals surface area (Å²) >= 11 is 0. The Morgan fingerprint density at radius 1 is 1.47 bits per heavy atom. The van der Waals surface area contributed by atoms with Gasteiger partial charge >= 0.3 is 0 Å². The van der Waals surface area contributed by atoms with Crippen molar-refractivity contribution in [3.05, 3.63) is 35.9 Å². The lowest BCUT2D eigenvalue weighted by Gasteiger charge is -2.05. The van der Waals surface area contributed by atoms with Gasteiger partial charge in [-0.1, -0.05) is 18.2 Å². The molecule has 0 aliphatic heterocycles. The molecule has 78 valence electrons. The molecule has 1 fully saturated rings. The standard InChI is InChI=1S/C13H14O2/c1-8(2)10-5-6-11(12(14)7-10)13(15)9-3-4-9/h5-7,9,14H,1,3-4H2,2H3. The summed E-state index contributed by atoms with van der Waals surface area (Å²) in [5.41, 5.74) is 2.21. The van der Waals surface area contributed by atoms with Crippen LogP contribution in [-0.2, 0) is 0 Å². The summed E-state index contributed by atoms with van der Waals surface area (Å²) in [5, 5.41) is 9.73. The zero-order valence-corrected chi connectivity index (χ0v) is 8.79. The first-order chi connectivity index (χ1) is 7.09. The van der Waals surface area contributed by atoms with Gasteiger partial charge < -0.3 is 5.11 Å². The summed E-state index contributed by atoms with van der Waals surface area (Å²) in [7, 11) is 0. The van der Waals surface area contributed by atoms with Gasteiger partial charge in [-0.2, -0.15) is 0 Å². The number of Topliss-reactive ketones (excluding diaryl/α,β-unsaturated/α-hetero) is 1. The molecule has 1 aromatic rings. The summed E-state index contributed by atoms with van der Waals surface area (Å²) in [6, 6.07) is 5.13.